The molecule has 0 aromatic heterocycles. The van der Waals surface area contributed by atoms with Crippen LogP contribution in [0, 0.1) is 0 Å². The van der Waals surface area contributed by atoms with E-state index in [-0.39, 0.29) is 11.8 Å². The third-order valence-electron chi connectivity index (χ3n) is 3.37. The van der Waals surface area contributed by atoms with Crippen LogP contribution in [0.3, 0.4) is 0 Å². The van der Waals surface area contributed by atoms with Crippen LogP contribution in [0.4, 0.5) is 0 Å². The van der Waals surface area contributed by atoms with Crippen molar-refractivity contribution >= 4 is 9.84 Å². The van der Waals surface area contributed by atoms with Gasteiger partial charge in [-0.3, -0.25) is 4.90 Å². The number of para-hydroxylation sites is 1. The maximum atomic E-state index is 11.5. The van der Waals surface area contributed by atoms with Crippen LogP contribution in [-0.4, -0.2) is 38.3 Å². The number of benzene rings is 1. The summed E-state index contributed by atoms with van der Waals surface area (Å²) < 4.78 is 28.7. The van der Waals surface area contributed by atoms with Crippen molar-refractivity contribution < 1.29 is 13.2 Å². The largest absolute Gasteiger partial charge is 0.492 e. The molecule has 0 spiro atoms. The van der Waals surface area contributed by atoms with Crippen molar-refractivity contribution in [3.8, 4) is 5.75 Å². The standard InChI is InChI=1S/C14H19NO3S/c1-3-19(16,17)9-8-15-10-13-6-4-5-7-14(13)18-11-12(15)2/h3-7,12H,1,8-11H2,2H3. The van der Waals surface area contributed by atoms with Gasteiger partial charge < -0.3 is 4.74 Å². The molecule has 0 saturated carbocycles. The molecule has 0 aliphatic carbocycles. The third kappa shape index (κ3) is 3.58. The molecular formula is C14H19NO3S. The Morgan fingerprint density at radius 1 is 1.47 bits per heavy atom. The van der Waals surface area contributed by atoms with E-state index in [0.717, 1.165) is 16.7 Å². The predicted octanol–water partition coefficient (Wildman–Crippen LogP) is 1.83. The Labute approximate surface area is 114 Å². The van der Waals surface area contributed by atoms with Crippen LogP contribution >= 0.6 is 0 Å². The lowest BCUT2D eigenvalue weighted by Gasteiger charge is -2.25. The van der Waals surface area contributed by atoms with Crippen molar-refractivity contribution in [1.82, 2.24) is 4.90 Å². The van der Waals surface area contributed by atoms with Gasteiger partial charge in [-0.1, -0.05) is 24.8 Å². The van der Waals surface area contributed by atoms with Crippen LogP contribution in [0.2, 0.25) is 0 Å². The maximum Gasteiger partial charge on any atom is 0.172 e. The zero-order valence-corrected chi connectivity index (χ0v) is 11.9. The Morgan fingerprint density at radius 3 is 2.95 bits per heavy atom. The molecule has 0 amide bonds. The van der Waals surface area contributed by atoms with Crippen molar-refractivity contribution in [2.45, 2.75) is 19.5 Å². The highest BCUT2D eigenvalue weighted by atomic mass is 32.2. The highest BCUT2D eigenvalue weighted by molar-refractivity contribution is 7.94. The van der Waals surface area contributed by atoms with E-state index in [1.54, 1.807) is 0 Å². The van der Waals surface area contributed by atoms with E-state index in [0.29, 0.717) is 19.7 Å². The topological polar surface area (TPSA) is 46.6 Å². The van der Waals surface area contributed by atoms with E-state index in [4.69, 9.17) is 4.74 Å². The molecule has 1 aromatic rings. The summed E-state index contributed by atoms with van der Waals surface area (Å²) in [5.74, 6) is 0.992. The Kier molecular flexibility index (Phi) is 4.27. The Bertz CT molecular complexity index is 554. The van der Waals surface area contributed by atoms with Gasteiger partial charge in [0.05, 0.1) is 5.75 Å². The number of hydrogen-bond acceptors (Lipinski definition) is 4. The molecule has 1 aliphatic heterocycles. The summed E-state index contributed by atoms with van der Waals surface area (Å²) in [5.41, 5.74) is 1.10. The molecule has 1 aliphatic rings. The number of nitrogens with zero attached hydrogens (tertiary/aromatic N) is 1. The minimum Gasteiger partial charge on any atom is -0.492 e. The fraction of sp³-hybridized carbons (Fsp3) is 0.429. The molecule has 1 atom stereocenters. The summed E-state index contributed by atoms with van der Waals surface area (Å²) in [5, 5.41) is 1.03. The lowest BCUT2D eigenvalue weighted by molar-refractivity contribution is 0.166. The van der Waals surface area contributed by atoms with E-state index >= 15 is 0 Å². The molecule has 1 heterocycles. The summed E-state index contributed by atoms with van der Waals surface area (Å²) in [6, 6.07) is 8.07. The Morgan fingerprint density at radius 2 is 2.21 bits per heavy atom. The van der Waals surface area contributed by atoms with Gasteiger partial charge in [-0.2, -0.15) is 0 Å². The summed E-state index contributed by atoms with van der Waals surface area (Å²) in [7, 11) is -3.15. The van der Waals surface area contributed by atoms with Crippen molar-refractivity contribution in [2.75, 3.05) is 18.9 Å². The average molecular weight is 281 g/mol. The van der Waals surface area contributed by atoms with Crippen molar-refractivity contribution in [2.24, 2.45) is 0 Å². The molecule has 0 radical (unpaired) electrons. The smallest absolute Gasteiger partial charge is 0.172 e. The van der Waals surface area contributed by atoms with E-state index in [1.807, 2.05) is 31.2 Å². The van der Waals surface area contributed by atoms with Gasteiger partial charge in [-0.05, 0) is 13.0 Å². The SMILES string of the molecule is C=CS(=O)(=O)CCN1Cc2ccccc2OCC1C. The zero-order valence-electron chi connectivity index (χ0n) is 11.1. The number of rotatable bonds is 4. The van der Waals surface area contributed by atoms with Gasteiger partial charge in [0.2, 0.25) is 0 Å². The fourth-order valence-corrected chi connectivity index (χ4v) is 2.75. The van der Waals surface area contributed by atoms with Crippen LogP contribution in [0.15, 0.2) is 36.3 Å². The first kappa shape index (κ1) is 14.1. The molecule has 0 bridgehead atoms. The number of hydrogen-bond donors (Lipinski definition) is 0. The van der Waals surface area contributed by atoms with Gasteiger partial charge in [0.25, 0.3) is 0 Å². The second kappa shape index (κ2) is 5.75. The summed E-state index contributed by atoms with van der Waals surface area (Å²) in [6.07, 6.45) is 0. The second-order valence-corrected chi connectivity index (χ2v) is 6.84. The van der Waals surface area contributed by atoms with Crippen molar-refractivity contribution in [3.05, 3.63) is 41.8 Å². The van der Waals surface area contributed by atoms with Crippen LogP contribution in [-0.2, 0) is 16.4 Å². The molecule has 0 saturated heterocycles. The van der Waals surface area contributed by atoms with Gasteiger partial charge in [0.1, 0.15) is 12.4 Å². The average Bonchev–Trinajstić information content (AvgIpc) is 2.57. The second-order valence-electron chi connectivity index (χ2n) is 4.77. The summed E-state index contributed by atoms with van der Waals surface area (Å²) in [4.78, 5) is 2.13. The molecule has 2 rings (SSSR count). The first-order valence-electron chi connectivity index (χ1n) is 6.32. The third-order valence-corrected chi connectivity index (χ3v) is 4.63. The first-order chi connectivity index (χ1) is 9.02. The molecule has 0 fully saturated rings. The van der Waals surface area contributed by atoms with Crippen LogP contribution in [0.1, 0.15) is 12.5 Å². The lowest BCUT2D eigenvalue weighted by atomic mass is 10.2. The van der Waals surface area contributed by atoms with Gasteiger partial charge in [0.15, 0.2) is 9.84 Å². The van der Waals surface area contributed by atoms with Gasteiger partial charge in [-0.15, -0.1) is 0 Å². The highest BCUT2D eigenvalue weighted by Gasteiger charge is 2.22. The minimum absolute atomic E-state index is 0.100. The van der Waals surface area contributed by atoms with E-state index in [9.17, 15) is 8.42 Å². The van der Waals surface area contributed by atoms with Gasteiger partial charge >= 0.3 is 0 Å². The molecule has 5 heteroatoms. The summed E-state index contributed by atoms with van der Waals surface area (Å²) >= 11 is 0. The zero-order chi connectivity index (χ0) is 13.9. The van der Waals surface area contributed by atoms with Crippen LogP contribution in [0.5, 0.6) is 5.75 Å². The van der Waals surface area contributed by atoms with Crippen molar-refractivity contribution in [3.63, 3.8) is 0 Å². The van der Waals surface area contributed by atoms with Gasteiger partial charge in [0, 0.05) is 30.1 Å². The van der Waals surface area contributed by atoms with Gasteiger partial charge in [-0.25, -0.2) is 8.42 Å². The normalized spacial score (nSPS) is 20.2. The quantitative estimate of drug-likeness (QED) is 0.844. The molecule has 1 unspecified atom stereocenters. The number of ether oxygens (including phenoxy) is 1. The minimum atomic E-state index is -3.15. The maximum absolute atomic E-state index is 11.5. The van der Waals surface area contributed by atoms with E-state index < -0.39 is 9.84 Å². The highest BCUT2D eigenvalue weighted by Crippen LogP contribution is 2.24. The molecule has 104 valence electrons. The molecule has 19 heavy (non-hydrogen) atoms. The predicted molar refractivity (Wildman–Crippen MR) is 75.8 cm³/mol. The molecule has 0 N–H and O–H groups in total. The molecule has 1 aromatic carbocycles. The fourth-order valence-electron chi connectivity index (χ4n) is 2.09. The molecule has 4 nitrogen and oxygen atoms in total. The first-order valence-corrected chi connectivity index (χ1v) is 8.03. The Balaban J connectivity index is 2.10. The Hall–Kier alpha value is -1.33. The monoisotopic (exact) mass is 281 g/mol. The van der Waals surface area contributed by atoms with Crippen LogP contribution < -0.4 is 4.74 Å². The number of sulfone groups is 1. The van der Waals surface area contributed by atoms with Crippen LogP contribution in [0.25, 0.3) is 0 Å². The molecular weight excluding hydrogens is 262 g/mol. The lowest BCUT2D eigenvalue weighted by Crippen LogP contribution is -2.37. The summed E-state index contributed by atoms with van der Waals surface area (Å²) in [6.45, 7) is 7.17. The van der Waals surface area contributed by atoms with E-state index in [1.165, 1.54) is 0 Å². The number of fused-ring (bicyclic) bond motifs is 1. The van der Waals surface area contributed by atoms with E-state index in [2.05, 4.69) is 11.5 Å². The van der Waals surface area contributed by atoms with Crippen molar-refractivity contribution in [1.29, 1.82) is 0 Å².